The number of nitrogens with zero attached hydrogens (tertiary/aromatic N) is 4. The summed E-state index contributed by atoms with van der Waals surface area (Å²) in [7, 11) is 1.73. The number of fused-ring (bicyclic) bond motifs is 2. The van der Waals surface area contributed by atoms with Gasteiger partial charge in [-0.2, -0.15) is 0 Å². The van der Waals surface area contributed by atoms with E-state index in [9.17, 15) is 0 Å². The molecule has 0 spiro atoms. The van der Waals surface area contributed by atoms with Crippen LogP contribution in [0, 0.1) is 19.8 Å². The Balaban J connectivity index is 1.56. The van der Waals surface area contributed by atoms with Gasteiger partial charge in [0.1, 0.15) is 5.75 Å². The molecule has 3 atom stereocenters. The molecule has 142 valence electrons. The number of hydrogen-bond donors (Lipinski definition) is 0. The molecule has 0 saturated carbocycles. The van der Waals surface area contributed by atoms with Crippen LogP contribution in [0.2, 0.25) is 0 Å². The van der Waals surface area contributed by atoms with E-state index in [0.29, 0.717) is 18.0 Å². The summed E-state index contributed by atoms with van der Waals surface area (Å²) in [6, 6.07) is 9.83. The molecule has 0 unspecified atom stereocenters. The summed E-state index contributed by atoms with van der Waals surface area (Å²) in [6.45, 7) is 7.64. The zero-order valence-corrected chi connectivity index (χ0v) is 16.4. The van der Waals surface area contributed by atoms with E-state index in [-0.39, 0.29) is 0 Å². The minimum atomic E-state index is 0.505. The first-order chi connectivity index (χ1) is 13.2. The number of hydrogen-bond acceptors (Lipinski definition) is 5. The number of ether oxygens (including phenoxy) is 1. The van der Waals surface area contributed by atoms with E-state index in [4.69, 9.17) is 9.72 Å². The Morgan fingerprint density at radius 3 is 2.48 bits per heavy atom. The maximum atomic E-state index is 5.37. The third-order valence-corrected chi connectivity index (χ3v) is 6.86. The largest absolute Gasteiger partial charge is 0.497 e. The zero-order valence-electron chi connectivity index (χ0n) is 16.4. The first-order valence-corrected chi connectivity index (χ1v) is 10.1. The van der Waals surface area contributed by atoms with Gasteiger partial charge in [0, 0.05) is 30.7 Å². The van der Waals surface area contributed by atoms with Crippen molar-refractivity contribution in [3.05, 3.63) is 47.4 Å². The Morgan fingerprint density at radius 1 is 1.04 bits per heavy atom. The molecule has 2 aromatic rings. The summed E-state index contributed by atoms with van der Waals surface area (Å²) >= 11 is 0. The lowest BCUT2D eigenvalue weighted by molar-refractivity contribution is 0.0354. The molecule has 0 aliphatic carbocycles. The van der Waals surface area contributed by atoms with Crippen molar-refractivity contribution in [2.75, 3.05) is 31.6 Å². The van der Waals surface area contributed by atoms with Crippen LogP contribution in [0.3, 0.4) is 0 Å². The molecule has 0 amide bonds. The predicted molar refractivity (Wildman–Crippen MR) is 106 cm³/mol. The third-order valence-electron chi connectivity index (χ3n) is 6.86. The molecule has 4 aliphatic rings. The Hall–Kier alpha value is -2.14. The first-order valence-electron chi connectivity index (χ1n) is 10.1. The van der Waals surface area contributed by atoms with E-state index in [2.05, 4.69) is 46.0 Å². The SMILES string of the molecule is COc1ccc([C@H]2CN(c3nc(C)cnc3C)[C@H]3C4CCN(CC4)[C@@H]23)cc1. The highest BCUT2D eigenvalue weighted by Crippen LogP contribution is 2.48. The van der Waals surface area contributed by atoms with Crippen LogP contribution in [0.25, 0.3) is 0 Å². The van der Waals surface area contributed by atoms with Crippen LogP contribution in [-0.4, -0.2) is 53.7 Å². The van der Waals surface area contributed by atoms with Gasteiger partial charge in [-0.05, 0) is 63.4 Å². The predicted octanol–water partition coefficient (Wildman–Crippen LogP) is 3.17. The number of methoxy groups -OCH3 is 1. The van der Waals surface area contributed by atoms with Gasteiger partial charge < -0.3 is 9.64 Å². The molecule has 6 rings (SSSR count). The molecule has 4 aliphatic heterocycles. The van der Waals surface area contributed by atoms with Crippen molar-refractivity contribution in [1.82, 2.24) is 14.9 Å². The van der Waals surface area contributed by atoms with Crippen LogP contribution in [0.15, 0.2) is 30.5 Å². The first kappa shape index (κ1) is 17.0. The molecule has 2 bridgehead atoms. The minimum Gasteiger partial charge on any atom is -0.497 e. The van der Waals surface area contributed by atoms with E-state index in [1.165, 1.54) is 31.5 Å². The van der Waals surface area contributed by atoms with Crippen molar-refractivity contribution in [2.24, 2.45) is 5.92 Å². The van der Waals surface area contributed by atoms with Crippen molar-refractivity contribution in [1.29, 1.82) is 0 Å². The smallest absolute Gasteiger partial charge is 0.150 e. The summed E-state index contributed by atoms with van der Waals surface area (Å²) in [5.74, 6) is 3.29. The molecule has 0 N–H and O–H groups in total. The number of piperidine rings is 3. The third kappa shape index (κ3) is 2.71. The molecular weight excluding hydrogens is 336 g/mol. The summed E-state index contributed by atoms with van der Waals surface area (Å²) in [6.07, 6.45) is 4.50. The molecule has 1 aromatic heterocycles. The van der Waals surface area contributed by atoms with Crippen molar-refractivity contribution in [2.45, 2.75) is 44.7 Å². The maximum absolute atomic E-state index is 5.37. The Kier molecular flexibility index (Phi) is 4.08. The maximum Gasteiger partial charge on any atom is 0.150 e. The van der Waals surface area contributed by atoms with Gasteiger partial charge in [-0.25, -0.2) is 4.98 Å². The molecule has 27 heavy (non-hydrogen) atoms. The lowest BCUT2D eigenvalue weighted by Gasteiger charge is -2.51. The van der Waals surface area contributed by atoms with E-state index in [1.807, 2.05) is 13.1 Å². The van der Waals surface area contributed by atoms with Crippen LogP contribution < -0.4 is 9.64 Å². The topological polar surface area (TPSA) is 41.5 Å². The van der Waals surface area contributed by atoms with Crippen LogP contribution in [0.4, 0.5) is 5.82 Å². The molecule has 5 heteroatoms. The number of aromatic nitrogens is 2. The minimum absolute atomic E-state index is 0.505. The Morgan fingerprint density at radius 2 is 1.78 bits per heavy atom. The summed E-state index contributed by atoms with van der Waals surface area (Å²) in [4.78, 5) is 14.8. The van der Waals surface area contributed by atoms with Crippen LogP contribution in [0.1, 0.15) is 35.7 Å². The zero-order chi connectivity index (χ0) is 18.5. The fraction of sp³-hybridized carbons (Fsp3) is 0.545. The van der Waals surface area contributed by atoms with Crippen molar-refractivity contribution >= 4 is 5.82 Å². The lowest BCUT2D eigenvalue weighted by atomic mass is 9.75. The second-order valence-corrected chi connectivity index (χ2v) is 8.31. The second-order valence-electron chi connectivity index (χ2n) is 8.31. The van der Waals surface area contributed by atoms with Crippen molar-refractivity contribution in [3.63, 3.8) is 0 Å². The highest BCUT2D eigenvalue weighted by Gasteiger charge is 2.54. The van der Waals surface area contributed by atoms with Crippen LogP contribution in [-0.2, 0) is 0 Å². The van der Waals surface area contributed by atoms with Gasteiger partial charge in [0.2, 0.25) is 0 Å². The standard InChI is InChI=1S/C22H28N4O/c1-14-12-23-15(2)22(24-14)26-13-19(16-4-6-18(27-3)7-5-16)21-20(26)17-8-10-25(21)11-9-17/h4-7,12,17,19-21H,8-11,13H2,1-3H3/t19-,20+,21+/m1/s1. The number of rotatable bonds is 3. The molecule has 4 fully saturated rings. The average molecular weight is 364 g/mol. The van der Waals surface area contributed by atoms with Gasteiger partial charge in [0.15, 0.2) is 5.82 Å². The van der Waals surface area contributed by atoms with Gasteiger partial charge in [0.25, 0.3) is 0 Å². The van der Waals surface area contributed by atoms with E-state index in [1.54, 1.807) is 7.11 Å². The van der Waals surface area contributed by atoms with Gasteiger partial charge in [-0.15, -0.1) is 0 Å². The van der Waals surface area contributed by atoms with Crippen LogP contribution in [0.5, 0.6) is 5.75 Å². The lowest BCUT2D eigenvalue weighted by Crippen LogP contribution is -2.60. The van der Waals surface area contributed by atoms with Gasteiger partial charge >= 0.3 is 0 Å². The van der Waals surface area contributed by atoms with Gasteiger partial charge in [0.05, 0.1) is 18.5 Å². The highest BCUT2D eigenvalue weighted by atomic mass is 16.5. The monoisotopic (exact) mass is 364 g/mol. The van der Waals surface area contributed by atoms with E-state index >= 15 is 0 Å². The molecular formula is C22H28N4O. The highest BCUT2D eigenvalue weighted by molar-refractivity contribution is 5.50. The van der Waals surface area contributed by atoms with E-state index < -0.39 is 0 Å². The second kappa shape index (κ2) is 6.48. The molecule has 4 saturated heterocycles. The number of anilines is 1. The number of benzene rings is 1. The van der Waals surface area contributed by atoms with Crippen molar-refractivity contribution in [3.8, 4) is 5.75 Å². The molecule has 5 nitrogen and oxygen atoms in total. The van der Waals surface area contributed by atoms with E-state index in [0.717, 1.165) is 35.4 Å². The molecule has 5 heterocycles. The fourth-order valence-electron chi connectivity index (χ4n) is 5.61. The number of aryl methyl sites for hydroxylation is 2. The summed E-state index contributed by atoms with van der Waals surface area (Å²) in [5.41, 5.74) is 3.46. The normalized spacial score (nSPS) is 31.8. The quantitative estimate of drug-likeness (QED) is 0.837. The Bertz CT molecular complexity index is 829. The van der Waals surface area contributed by atoms with Gasteiger partial charge in [-0.3, -0.25) is 9.88 Å². The van der Waals surface area contributed by atoms with Crippen LogP contribution >= 0.6 is 0 Å². The molecule has 0 radical (unpaired) electrons. The fourth-order valence-corrected chi connectivity index (χ4v) is 5.61. The van der Waals surface area contributed by atoms with Gasteiger partial charge in [-0.1, -0.05) is 12.1 Å². The Labute approximate surface area is 161 Å². The summed E-state index contributed by atoms with van der Waals surface area (Å²) in [5, 5.41) is 0. The van der Waals surface area contributed by atoms with Crippen molar-refractivity contribution < 1.29 is 4.74 Å². The molecule has 1 aromatic carbocycles. The average Bonchev–Trinajstić information content (AvgIpc) is 3.13. The summed E-state index contributed by atoms with van der Waals surface area (Å²) < 4.78 is 5.37.